The maximum Gasteiger partial charge on any atom is 0.251 e. The van der Waals surface area contributed by atoms with Gasteiger partial charge >= 0.3 is 0 Å². The Morgan fingerprint density at radius 1 is 1.15 bits per heavy atom. The van der Waals surface area contributed by atoms with Gasteiger partial charge in [0.05, 0.1) is 12.3 Å². The van der Waals surface area contributed by atoms with Gasteiger partial charge in [0, 0.05) is 23.1 Å². The highest BCUT2D eigenvalue weighted by Crippen LogP contribution is 2.26. The van der Waals surface area contributed by atoms with Crippen molar-refractivity contribution in [2.24, 2.45) is 0 Å². The quantitative estimate of drug-likeness (QED) is 0.673. The van der Waals surface area contributed by atoms with Crippen LogP contribution >= 0.6 is 0 Å². The van der Waals surface area contributed by atoms with Gasteiger partial charge in [0.2, 0.25) is 5.89 Å². The molecule has 1 N–H and O–H groups in total. The zero-order valence-corrected chi connectivity index (χ0v) is 15.9. The molecule has 2 aromatic carbocycles. The van der Waals surface area contributed by atoms with Gasteiger partial charge in [-0.1, -0.05) is 38.1 Å². The van der Waals surface area contributed by atoms with Gasteiger partial charge in [-0.25, -0.2) is 4.98 Å². The molecule has 1 amide bonds. The molecule has 5 nitrogen and oxygen atoms in total. The smallest absolute Gasteiger partial charge is 0.251 e. The van der Waals surface area contributed by atoms with Crippen LogP contribution in [0.4, 0.5) is 0 Å². The molecule has 1 heterocycles. The Bertz CT molecular complexity index is 901. The Kier molecular flexibility index (Phi) is 5.60. The van der Waals surface area contributed by atoms with Gasteiger partial charge in [-0.15, -0.1) is 0 Å². The Hall–Kier alpha value is -3.08. The molecular weight excluding hydrogens is 340 g/mol. The largest absolute Gasteiger partial charge is 0.494 e. The first kappa shape index (κ1) is 18.7. The van der Waals surface area contributed by atoms with Crippen molar-refractivity contribution in [3.63, 3.8) is 0 Å². The maximum absolute atomic E-state index is 12.5. The molecule has 0 aliphatic rings. The van der Waals surface area contributed by atoms with Gasteiger partial charge in [-0.3, -0.25) is 4.79 Å². The molecular formula is C22H24N2O3. The summed E-state index contributed by atoms with van der Waals surface area (Å²) in [6.07, 6.45) is 1.66. The summed E-state index contributed by atoms with van der Waals surface area (Å²) in [6.45, 7) is 6.96. The molecule has 3 rings (SSSR count). The van der Waals surface area contributed by atoms with Crippen molar-refractivity contribution >= 4 is 5.91 Å². The number of ether oxygens (including phenoxy) is 1. The van der Waals surface area contributed by atoms with Crippen LogP contribution in [0, 0.1) is 0 Å². The number of benzene rings is 2. The highest BCUT2D eigenvalue weighted by molar-refractivity contribution is 5.94. The van der Waals surface area contributed by atoms with E-state index in [0.717, 1.165) is 11.3 Å². The van der Waals surface area contributed by atoms with Gasteiger partial charge < -0.3 is 14.5 Å². The Balaban J connectivity index is 1.67. The molecule has 0 fully saturated rings. The summed E-state index contributed by atoms with van der Waals surface area (Å²) in [4.78, 5) is 17.1. The molecule has 0 atom stereocenters. The minimum Gasteiger partial charge on any atom is -0.494 e. The fraction of sp³-hybridized carbons (Fsp3) is 0.273. The molecule has 0 unspecified atom stereocenters. The molecule has 0 aliphatic carbocycles. The average molecular weight is 364 g/mol. The molecule has 0 saturated carbocycles. The van der Waals surface area contributed by atoms with E-state index in [-0.39, 0.29) is 11.3 Å². The second-order valence-electron chi connectivity index (χ2n) is 6.93. The highest BCUT2D eigenvalue weighted by Gasteiger charge is 2.26. The lowest BCUT2D eigenvalue weighted by atomic mass is 9.90. The molecule has 0 bridgehead atoms. The first-order chi connectivity index (χ1) is 13.0. The SMILES string of the molecule is CCOc1cccc(C(=O)NCC(C)(C)c2coc(-c3ccccc3)n2)c1. The zero-order valence-electron chi connectivity index (χ0n) is 15.9. The van der Waals surface area contributed by atoms with Crippen LogP contribution in [0.25, 0.3) is 11.5 Å². The normalized spacial score (nSPS) is 11.2. The van der Waals surface area contributed by atoms with Crippen LogP contribution in [-0.2, 0) is 5.41 Å². The van der Waals surface area contributed by atoms with E-state index in [9.17, 15) is 4.79 Å². The van der Waals surface area contributed by atoms with Gasteiger partial charge in [0.15, 0.2) is 0 Å². The van der Waals surface area contributed by atoms with Crippen molar-refractivity contribution in [3.05, 3.63) is 72.1 Å². The van der Waals surface area contributed by atoms with Crippen LogP contribution in [0.2, 0.25) is 0 Å². The van der Waals surface area contributed by atoms with E-state index < -0.39 is 0 Å². The molecule has 1 aromatic heterocycles. The molecule has 0 saturated heterocycles. The average Bonchev–Trinajstić information content (AvgIpc) is 3.19. The molecule has 0 radical (unpaired) electrons. The lowest BCUT2D eigenvalue weighted by Gasteiger charge is -2.22. The fourth-order valence-corrected chi connectivity index (χ4v) is 2.69. The maximum atomic E-state index is 12.5. The number of rotatable bonds is 7. The summed E-state index contributed by atoms with van der Waals surface area (Å²) >= 11 is 0. The van der Waals surface area contributed by atoms with Crippen LogP contribution < -0.4 is 10.1 Å². The van der Waals surface area contributed by atoms with Crippen molar-refractivity contribution in [2.45, 2.75) is 26.2 Å². The number of oxazole rings is 1. The molecule has 0 aliphatic heterocycles. The van der Waals surface area contributed by atoms with E-state index in [1.165, 1.54) is 0 Å². The summed E-state index contributed by atoms with van der Waals surface area (Å²) in [5, 5.41) is 2.98. The summed E-state index contributed by atoms with van der Waals surface area (Å²) in [6, 6.07) is 16.9. The summed E-state index contributed by atoms with van der Waals surface area (Å²) in [7, 11) is 0. The first-order valence-corrected chi connectivity index (χ1v) is 9.02. The van der Waals surface area contributed by atoms with Crippen molar-refractivity contribution < 1.29 is 13.9 Å². The fourth-order valence-electron chi connectivity index (χ4n) is 2.69. The number of aromatic nitrogens is 1. The van der Waals surface area contributed by atoms with Crippen molar-refractivity contribution in [1.29, 1.82) is 0 Å². The number of carbonyl (C=O) groups excluding carboxylic acids is 1. The Morgan fingerprint density at radius 2 is 1.93 bits per heavy atom. The van der Waals surface area contributed by atoms with Gasteiger partial charge in [0.1, 0.15) is 12.0 Å². The van der Waals surface area contributed by atoms with Crippen LogP contribution in [0.3, 0.4) is 0 Å². The number of hydrogen-bond donors (Lipinski definition) is 1. The van der Waals surface area contributed by atoms with E-state index in [2.05, 4.69) is 10.3 Å². The molecule has 5 heteroatoms. The monoisotopic (exact) mass is 364 g/mol. The predicted molar refractivity (Wildman–Crippen MR) is 105 cm³/mol. The van der Waals surface area contributed by atoms with Gasteiger partial charge in [-0.2, -0.15) is 0 Å². The zero-order chi connectivity index (χ0) is 19.3. The van der Waals surface area contributed by atoms with E-state index >= 15 is 0 Å². The van der Waals surface area contributed by atoms with E-state index in [4.69, 9.17) is 9.15 Å². The third kappa shape index (κ3) is 4.56. The van der Waals surface area contributed by atoms with Crippen molar-refractivity contribution in [3.8, 4) is 17.2 Å². The highest BCUT2D eigenvalue weighted by atomic mass is 16.5. The third-order valence-corrected chi connectivity index (χ3v) is 4.32. The van der Waals surface area contributed by atoms with Crippen LogP contribution in [0.1, 0.15) is 36.8 Å². The summed E-state index contributed by atoms with van der Waals surface area (Å²) in [5.41, 5.74) is 1.92. The summed E-state index contributed by atoms with van der Waals surface area (Å²) < 4.78 is 11.1. The minimum atomic E-state index is -0.371. The number of nitrogens with zero attached hydrogens (tertiary/aromatic N) is 1. The van der Waals surface area contributed by atoms with E-state index in [1.807, 2.05) is 63.2 Å². The lowest BCUT2D eigenvalue weighted by Crippen LogP contribution is -2.36. The van der Waals surface area contributed by atoms with Gasteiger partial charge in [-0.05, 0) is 37.3 Å². The number of hydrogen-bond acceptors (Lipinski definition) is 4. The van der Waals surface area contributed by atoms with Gasteiger partial charge in [0.25, 0.3) is 5.91 Å². The third-order valence-electron chi connectivity index (χ3n) is 4.32. The Labute approximate surface area is 159 Å². The number of carbonyl (C=O) groups is 1. The second kappa shape index (κ2) is 8.08. The van der Waals surface area contributed by atoms with E-state index in [1.54, 1.807) is 18.4 Å². The number of amides is 1. The lowest BCUT2D eigenvalue weighted by molar-refractivity contribution is 0.0945. The van der Waals surface area contributed by atoms with Crippen LogP contribution in [0.15, 0.2) is 65.3 Å². The summed E-state index contributed by atoms with van der Waals surface area (Å²) in [5.74, 6) is 1.12. The van der Waals surface area contributed by atoms with E-state index in [0.29, 0.717) is 30.4 Å². The molecule has 0 spiro atoms. The molecule has 3 aromatic rings. The second-order valence-corrected chi connectivity index (χ2v) is 6.93. The number of nitrogens with one attached hydrogen (secondary N) is 1. The van der Waals surface area contributed by atoms with Crippen LogP contribution in [0.5, 0.6) is 5.75 Å². The van der Waals surface area contributed by atoms with Crippen LogP contribution in [-0.4, -0.2) is 24.0 Å². The molecule has 140 valence electrons. The first-order valence-electron chi connectivity index (χ1n) is 9.02. The van der Waals surface area contributed by atoms with Crippen molar-refractivity contribution in [2.75, 3.05) is 13.2 Å². The molecule has 27 heavy (non-hydrogen) atoms. The minimum absolute atomic E-state index is 0.142. The van der Waals surface area contributed by atoms with Crippen molar-refractivity contribution in [1.82, 2.24) is 10.3 Å². The Morgan fingerprint density at radius 3 is 2.67 bits per heavy atom. The topological polar surface area (TPSA) is 64.4 Å². The standard InChI is InChI=1S/C22H24N2O3/c1-4-26-18-12-8-11-17(13-18)20(25)23-15-22(2,3)19-14-27-21(24-19)16-9-6-5-7-10-16/h5-14H,4,15H2,1-3H3,(H,23,25). The predicted octanol–water partition coefficient (Wildman–Crippen LogP) is 4.45.